The molecular weight excluding hydrogens is 348 g/mol. The van der Waals surface area contributed by atoms with Gasteiger partial charge in [-0.3, -0.25) is 4.79 Å². The Morgan fingerprint density at radius 1 is 0.857 bits per heavy atom. The van der Waals surface area contributed by atoms with Gasteiger partial charge in [0.2, 0.25) is 0 Å². The minimum absolute atomic E-state index is 0.0116. The van der Waals surface area contributed by atoms with Crippen LogP contribution in [0.4, 0.5) is 0 Å². The molecule has 0 saturated heterocycles. The maximum atomic E-state index is 13.1. The molecule has 0 amide bonds. The Hall–Kier alpha value is -2.68. The van der Waals surface area contributed by atoms with Crippen LogP contribution in [0.1, 0.15) is 74.2 Å². The molecule has 1 aliphatic rings. The molecule has 0 spiro atoms. The maximum absolute atomic E-state index is 13.1. The molecule has 0 fully saturated rings. The Morgan fingerprint density at radius 3 is 1.93 bits per heavy atom. The molecule has 3 heteroatoms. The zero-order valence-electron chi connectivity index (χ0n) is 17.5. The number of carboxylic acid groups (broad SMARTS) is 1. The molecule has 0 aliphatic heterocycles. The molecule has 0 bridgehead atoms. The number of carbonyl (C=O) groups excluding carboxylic acids is 1. The highest BCUT2D eigenvalue weighted by molar-refractivity contribution is 6.09. The average molecular weight is 376 g/mol. The molecule has 2 aromatic rings. The van der Waals surface area contributed by atoms with Crippen LogP contribution in [0.5, 0.6) is 0 Å². The van der Waals surface area contributed by atoms with Crippen molar-refractivity contribution in [1.82, 2.24) is 0 Å². The zero-order chi connectivity index (χ0) is 20.9. The number of rotatable bonds is 4. The second-order valence-electron chi connectivity index (χ2n) is 9.00. The predicted molar refractivity (Wildman–Crippen MR) is 113 cm³/mol. The summed E-state index contributed by atoms with van der Waals surface area (Å²) in [7, 11) is 0. The van der Waals surface area contributed by atoms with E-state index in [1.807, 2.05) is 6.07 Å². The highest BCUT2D eigenvalue weighted by Crippen LogP contribution is 2.53. The molecular formula is C25H28O3. The van der Waals surface area contributed by atoms with Crippen LogP contribution in [-0.4, -0.2) is 16.9 Å². The number of hydrogen-bond acceptors (Lipinski definition) is 2. The van der Waals surface area contributed by atoms with Gasteiger partial charge in [0.15, 0.2) is 5.78 Å². The first-order valence-corrected chi connectivity index (χ1v) is 9.67. The molecule has 146 valence electrons. The van der Waals surface area contributed by atoms with E-state index in [9.17, 15) is 9.59 Å². The standard InChI is InChI=1S/C25H28O3/c1-15(13-22(26)27)17-7-9-18(10-8-17)23(28)19-11-12-20-21(14-19)25(5,6)16(2)24(20,3)4/h7-14,16H,1-6H3,(H,26,27). The fourth-order valence-corrected chi connectivity index (χ4v) is 4.47. The van der Waals surface area contributed by atoms with Gasteiger partial charge in [0.1, 0.15) is 0 Å². The lowest BCUT2D eigenvalue weighted by Gasteiger charge is -2.32. The minimum Gasteiger partial charge on any atom is -0.478 e. The van der Waals surface area contributed by atoms with Crippen molar-refractivity contribution in [3.63, 3.8) is 0 Å². The van der Waals surface area contributed by atoms with E-state index in [0.717, 1.165) is 5.56 Å². The Kier molecular flexibility index (Phi) is 4.82. The van der Waals surface area contributed by atoms with Gasteiger partial charge in [-0.2, -0.15) is 0 Å². The van der Waals surface area contributed by atoms with Gasteiger partial charge in [0, 0.05) is 17.2 Å². The summed E-state index contributed by atoms with van der Waals surface area (Å²) in [5.74, 6) is -0.512. The zero-order valence-corrected chi connectivity index (χ0v) is 17.5. The Labute approximate surface area is 167 Å². The van der Waals surface area contributed by atoms with Crippen molar-refractivity contribution >= 4 is 17.3 Å². The number of hydrogen-bond donors (Lipinski definition) is 1. The average Bonchev–Trinajstić information content (AvgIpc) is 2.78. The first-order valence-electron chi connectivity index (χ1n) is 9.67. The molecule has 3 rings (SSSR count). The normalized spacial score (nSPS) is 19.9. The number of fused-ring (bicyclic) bond motifs is 1. The minimum atomic E-state index is -0.976. The van der Waals surface area contributed by atoms with Crippen LogP contribution in [-0.2, 0) is 15.6 Å². The Bertz CT molecular complexity index is 975. The van der Waals surface area contributed by atoms with Crippen molar-refractivity contribution in [2.45, 2.75) is 52.4 Å². The molecule has 3 nitrogen and oxygen atoms in total. The smallest absolute Gasteiger partial charge is 0.328 e. The van der Waals surface area contributed by atoms with E-state index in [0.29, 0.717) is 22.6 Å². The molecule has 0 radical (unpaired) electrons. The van der Waals surface area contributed by atoms with Gasteiger partial charge in [0.25, 0.3) is 0 Å². The lowest BCUT2D eigenvalue weighted by atomic mass is 9.71. The predicted octanol–water partition coefficient (Wildman–Crippen LogP) is 5.61. The second-order valence-corrected chi connectivity index (χ2v) is 9.00. The number of carboxylic acids is 1. The van der Waals surface area contributed by atoms with Gasteiger partial charge in [-0.15, -0.1) is 0 Å². The maximum Gasteiger partial charge on any atom is 0.328 e. The summed E-state index contributed by atoms with van der Waals surface area (Å²) in [4.78, 5) is 23.9. The highest BCUT2D eigenvalue weighted by atomic mass is 16.4. The molecule has 0 heterocycles. The third-order valence-electron chi connectivity index (χ3n) is 6.78. The van der Waals surface area contributed by atoms with E-state index in [1.165, 1.54) is 17.2 Å². The lowest BCUT2D eigenvalue weighted by Crippen LogP contribution is -2.30. The van der Waals surface area contributed by atoms with Gasteiger partial charge >= 0.3 is 5.97 Å². The molecule has 0 aromatic heterocycles. The van der Waals surface area contributed by atoms with Crippen molar-refractivity contribution in [3.8, 4) is 0 Å². The summed E-state index contributed by atoms with van der Waals surface area (Å²) in [6, 6.07) is 13.2. The molecule has 0 saturated carbocycles. The summed E-state index contributed by atoms with van der Waals surface area (Å²) in [5.41, 5.74) is 5.43. The number of carbonyl (C=O) groups is 2. The Morgan fingerprint density at radius 2 is 1.36 bits per heavy atom. The third kappa shape index (κ3) is 3.19. The fourth-order valence-electron chi connectivity index (χ4n) is 4.47. The van der Waals surface area contributed by atoms with Crippen molar-refractivity contribution < 1.29 is 14.7 Å². The topological polar surface area (TPSA) is 54.4 Å². The monoisotopic (exact) mass is 376 g/mol. The number of benzene rings is 2. The van der Waals surface area contributed by atoms with Gasteiger partial charge in [-0.25, -0.2) is 4.79 Å². The first-order chi connectivity index (χ1) is 13.0. The van der Waals surface area contributed by atoms with Crippen molar-refractivity contribution in [3.05, 3.63) is 76.4 Å². The molecule has 1 N–H and O–H groups in total. The molecule has 2 aromatic carbocycles. The second kappa shape index (κ2) is 6.73. The molecule has 1 aliphatic carbocycles. The van der Waals surface area contributed by atoms with Gasteiger partial charge in [0.05, 0.1) is 0 Å². The van der Waals surface area contributed by atoms with Crippen LogP contribution in [0.2, 0.25) is 0 Å². The van der Waals surface area contributed by atoms with Crippen LogP contribution in [0, 0.1) is 5.92 Å². The summed E-state index contributed by atoms with van der Waals surface area (Å²) < 4.78 is 0. The van der Waals surface area contributed by atoms with Crippen LogP contribution in [0.15, 0.2) is 48.5 Å². The molecule has 1 unspecified atom stereocenters. The van der Waals surface area contributed by atoms with E-state index in [1.54, 1.807) is 31.2 Å². The summed E-state index contributed by atoms with van der Waals surface area (Å²) >= 11 is 0. The Balaban J connectivity index is 1.95. The SMILES string of the molecule is CC(=CC(=O)O)c1ccc(C(=O)c2ccc3c(c2)C(C)(C)C(C)C3(C)C)cc1. The highest BCUT2D eigenvalue weighted by Gasteiger charge is 2.48. The summed E-state index contributed by atoms with van der Waals surface area (Å²) in [5, 5.41) is 8.88. The van der Waals surface area contributed by atoms with Crippen molar-refractivity contribution in [1.29, 1.82) is 0 Å². The number of aliphatic carboxylic acids is 1. The van der Waals surface area contributed by atoms with E-state index in [2.05, 4.69) is 46.8 Å². The van der Waals surface area contributed by atoms with E-state index >= 15 is 0 Å². The van der Waals surface area contributed by atoms with Crippen LogP contribution in [0.25, 0.3) is 5.57 Å². The van der Waals surface area contributed by atoms with E-state index < -0.39 is 5.97 Å². The van der Waals surface area contributed by atoms with Crippen LogP contribution in [0.3, 0.4) is 0 Å². The fraction of sp³-hybridized carbons (Fsp3) is 0.360. The van der Waals surface area contributed by atoms with Crippen LogP contribution >= 0.6 is 0 Å². The van der Waals surface area contributed by atoms with Gasteiger partial charge in [-0.1, -0.05) is 71.0 Å². The molecule has 1 atom stereocenters. The summed E-state index contributed by atoms with van der Waals surface area (Å²) in [6.45, 7) is 13.1. The number of ketones is 1. The largest absolute Gasteiger partial charge is 0.478 e. The van der Waals surface area contributed by atoms with Gasteiger partial charge < -0.3 is 5.11 Å². The first kappa shape index (κ1) is 20.1. The van der Waals surface area contributed by atoms with E-state index in [4.69, 9.17) is 5.11 Å². The van der Waals surface area contributed by atoms with Gasteiger partial charge in [-0.05, 0) is 52.0 Å². The third-order valence-corrected chi connectivity index (χ3v) is 6.78. The molecule has 28 heavy (non-hydrogen) atoms. The van der Waals surface area contributed by atoms with Crippen molar-refractivity contribution in [2.75, 3.05) is 0 Å². The lowest BCUT2D eigenvalue weighted by molar-refractivity contribution is -0.131. The summed E-state index contributed by atoms with van der Waals surface area (Å²) in [6.07, 6.45) is 1.17. The quantitative estimate of drug-likeness (QED) is 0.557. The number of allylic oxidation sites excluding steroid dienone is 1. The van der Waals surface area contributed by atoms with Crippen molar-refractivity contribution in [2.24, 2.45) is 5.92 Å². The van der Waals surface area contributed by atoms with E-state index in [-0.39, 0.29) is 16.6 Å². The van der Waals surface area contributed by atoms with Crippen LogP contribution < -0.4 is 0 Å².